The van der Waals surface area contributed by atoms with Crippen molar-refractivity contribution in [3.05, 3.63) is 65.2 Å². The van der Waals surface area contributed by atoms with E-state index in [-0.39, 0.29) is 18.1 Å². The van der Waals surface area contributed by atoms with E-state index in [4.69, 9.17) is 9.47 Å². The molecule has 1 amide bonds. The molecule has 2 atom stereocenters. The number of hydrogen-bond acceptors (Lipinski definition) is 6. The highest BCUT2D eigenvalue weighted by atomic mass is 16.6. The maximum Gasteiger partial charge on any atom is 0.410 e. The molecule has 0 aromatic heterocycles. The fourth-order valence-corrected chi connectivity index (χ4v) is 5.69. The van der Waals surface area contributed by atoms with Crippen LogP contribution in [0, 0.1) is 0 Å². The van der Waals surface area contributed by atoms with Crippen LogP contribution in [0.15, 0.2) is 48.5 Å². The smallest absolute Gasteiger partial charge is 0.410 e. The second kappa shape index (κ2) is 10.7. The molecule has 35 heavy (non-hydrogen) atoms. The third kappa shape index (κ3) is 5.30. The second-order valence-corrected chi connectivity index (χ2v) is 9.67. The van der Waals surface area contributed by atoms with Crippen molar-refractivity contribution < 1.29 is 19.1 Å². The van der Waals surface area contributed by atoms with Gasteiger partial charge in [0.15, 0.2) is 0 Å². The van der Waals surface area contributed by atoms with Crippen LogP contribution in [0.5, 0.6) is 0 Å². The highest BCUT2D eigenvalue weighted by Crippen LogP contribution is 2.50. The Kier molecular flexibility index (Phi) is 7.23. The number of hydrogen-bond donors (Lipinski definition) is 0. The zero-order valence-electron chi connectivity index (χ0n) is 20.5. The summed E-state index contributed by atoms with van der Waals surface area (Å²) in [6, 6.07) is 16.7. The molecule has 5 rings (SSSR count). The summed E-state index contributed by atoms with van der Waals surface area (Å²) in [5.41, 5.74) is 4.95. The van der Waals surface area contributed by atoms with E-state index in [0.717, 1.165) is 57.7 Å². The summed E-state index contributed by atoms with van der Waals surface area (Å²) in [7, 11) is 0. The first-order valence-corrected chi connectivity index (χ1v) is 12.9. The molecule has 2 aliphatic heterocycles. The minimum atomic E-state index is -0.215. The predicted molar refractivity (Wildman–Crippen MR) is 134 cm³/mol. The van der Waals surface area contributed by atoms with Crippen molar-refractivity contribution in [2.45, 2.75) is 44.8 Å². The van der Waals surface area contributed by atoms with E-state index in [1.54, 1.807) is 0 Å². The van der Waals surface area contributed by atoms with Gasteiger partial charge in [0, 0.05) is 45.0 Å². The number of nitrogens with zero attached hydrogens (tertiary/aromatic N) is 3. The van der Waals surface area contributed by atoms with E-state index < -0.39 is 0 Å². The number of rotatable bonds is 7. The molecule has 0 N–H and O–H groups in total. The number of piperidine rings is 1. The minimum absolute atomic E-state index is 0.112. The zero-order valence-corrected chi connectivity index (χ0v) is 20.5. The quantitative estimate of drug-likeness (QED) is 0.553. The van der Waals surface area contributed by atoms with Crippen LogP contribution < -0.4 is 4.90 Å². The molecule has 0 spiro atoms. The van der Waals surface area contributed by atoms with E-state index in [1.807, 2.05) is 42.2 Å². The van der Waals surface area contributed by atoms with Gasteiger partial charge in [-0.05, 0) is 54.5 Å². The zero-order chi connectivity index (χ0) is 24.2. The Labute approximate surface area is 207 Å². The van der Waals surface area contributed by atoms with Gasteiger partial charge < -0.3 is 19.3 Å². The van der Waals surface area contributed by atoms with Gasteiger partial charge in [-0.2, -0.15) is 0 Å². The van der Waals surface area contributed by atoms with Gasteiger partial charge >= 0.3 is 12.1 Å². The van der Waals surface area contributed by atoms with Crippen LogP contribution in [0.2, 0.25) is 0 Å². The van der Waals surface area contributed by atoms with Crippen molar-refractivity contribution in [2.75, 3.05) is 50.8 Å². The molecule has 2 aromatic carbocycles. The largest absolute Gasteiger partial charge is 0.466 e. The third-order valence-electron chi connectivity index (χ3n) is 7.59. The van der Waals surface area contributed by atoms with E-state index >= 15 is 0 Å². The molecule has 0 unspecified atom stereocenters. The van der Waals surface area contributed by atoms with Crippen molar-refractivity contribution >= 4 is 17.7 Å². The molecule has 0 radical (unpaired) electrons. The molecular weight excluding hydrogens is 442 g/mol. The Hall–Kier alpha value is -3.06. The maximum absolute atomic E-state index is 12.9. The standard InChI is InChI=1S/C28H35N3O4/c1-2-34-27(32)11-12-29-14-16-30(17-15-29)23-8-9-24-25(19-23)22-10-13-31(26(24)18-22)28(33)35-20-21-6-4-3-5-7-21/h3-9,19,22,26H,2,10-18,20H2,1H3/t22-,26-/m1/s1. The second-order valence-electron chi connectivity index (χ2n) is 9.67. The summed E-state index contributed by atoms with van der Waals surface area (Å²) in [5, 5.41) is 0. The summed E-state index contributed by atoms with van der Waals surface area (Å²) in [6.45, 7) is 7.90. The van der Waals surface area contributed by atoms with Crippen LogP contribution in [-0.4, -0.2) is 67.7 Å². The average molecular weight is 478 g/mol. The molecule has 2 heterocycles. The number of carbonyl (C=O) groups is 2. The van der Waals surface area contributed by atoms with Crippen LogP contribution >= 0.6 is 0 Å². The molecule has 2 aromatic rings. The summed E-state index contributed by atoms with van der Waals surface area (Å²) in [6.07, 6.45) is 2.21. The van der Waals surface area contributed by atoms with Crippen LogP contribution in [0.1, 0.15) is 54.8 Å². The van der Waals surface area contributed by atoms with Gasteiger partial charge in [0.25, 0.3) is 0 Å². The Balaban J connectivity index is 1.18. The number of fused-ring (bicyclic) bond motifs is 5. The maximum atomic E-state index is 12.9. The van der Waals surface area contributed by atoms with Gasteiger partial charge in [-0.15, -0.1) is 0 Å². The van der Waals surface area contributed by atoms with E-state index in [2.05, 4.69) is 28.0 Å². The fourth-order valence-electron chi connectivity index (χ4n) is 5.69. The van der Waals surface area contributed by atoms with Gasteiger partial charge in [-0.25, -0.2) is 4.79 Å². The Morgan fingerprint density at radius 1 is 0.943 bits per heavy atom. The normalized spacial score (nSPS) is 21.5. The Morgan fingerprint density at radius 2 is 1.74 bits per heavy atom. The molecule has 0 saturated carbocycles. The molecule has 2 saturated heterocycles. The number of likely N-dealkylation sites (tertiary alicyclic amines) is 1. The highest BCUT2D eigenvalue weighted by Gasteiger charge is 2.41. The lowest BCUT2D eigenvalue weighted by Gasteiger charge is -2.36. The summed E-state index contributed by atoms with van der Waals surface area (Å²) < 4.78 is 10.7. The lowest BCUT2D eigenvalue weighted by molar-refractivity contribution is -0.143. The topological polar surface area (TPSA) is 62.3 Å². The molecule has 3 aliphatic rings. The van der Waals surface area contributed by atoms with Gasteiger partial charge in [0.1, 0.15) is 6.61 Å². The molecule has 7 nitrogen and oxygen atoms in total. The average Bonchev–Trinajstić information content (AvgIpc) is 3.18. The molecule has 1 aliphatic carbocycles. The number of anilines is 1. The van der Waals surface area contributed by atoms with E-state index in [0.29, 0.717) is 25.6 Å². The minimum Gasteiger partial charge on any atom is -0.466 e. The summed E-state index contributed by atoms with van der Waals surface area (Å²) in [4.78, 5) is 31.3. The monoisotopic (exact) mass is 477 g/mol. The lowest BCUT2D eigenvalue weighted by atomic mass is 9.95. The van der Waals surface area contributed by atoms with E-state index in [1.165, 1.54) is 16.8 Å². The van der Waals surface area contributed by atoms with Crippen molar-refractivity contribution in [1.29, 1.82) is 0 Å². The van der Waals surface area contributed by atoms with Crippen LogP contribution in [0.3, 0.4) is 0 Å². The van der Waals surface area contributed by atoms with Gasteiger partial charge in [-0.1, -0.05) is 36.4 Å². The van der Waals surface area contributed by atoms with Crippen LogP contribution in [0.25, 0.3) is 0 Å². The molecule has 2 bridgehead atoms. The molecule has 7 heteroatoms. The number of amides is 1. The first-order valence-electron chi connectivity index (χ1n) is 12.9. The summed E-state index contributed by atoms with van der Waals surface area (Å²) in [5.74, 6) is 0.400. The predicted octanol–water partition coefficient (Wildman–Crippen LogP) is 4.33. The van der Waals surface area contributed by atoms with Crippen molar-refractivity contribution in [3.63, 3.8) is 0 Å². The number of ether oxygens (including phenoxy) is 2. The number of benzene rings is 2. The highest BCUT2D eigenvalue weighted by molar-refractivity contribution is 5.70. The Bertz CT molecular complexity index is 1040. The SMILES string of the molecule is CCOC(=O)CCN1CCN(c2ccc3c(c2)[C@@H]2CCN(C(=O)OCc4ccccc4)[C@@H]3C2)CC1. The molecular formula is C28H35N3O4. The fraction of sp³-hybridized carbons (Fsp3) is 0.500. The first-order chi connectivity index (χ1) is 17.1. The lowest BCUT2D eigenvalue weighted by Crippen LogP contribution is -2.47. The molecule has 186 valence electrons. The van der Waals surface area contributed by atoms with Crippen LogP contribution in [0.4, 0.5) is 10.5 Å². The van der Waals surface area contributed by atoms with Crippen molar-refractivity contribution in [1.82, 2.24) is 9.80 Å². The summed E-state index contributed by atoms with van der Waals surface area (Å²) >= 11 is 0. The Morgan fingerprint density at radius 3 is 2.51 bits per heavy atom. The van der Waals surface area contributed by atoms with Crippen molar-refractivity contribution in [3.8, 4) is 0 Å². The molecule has 2 fully saturated rings. The number of esters is 1. The number of carbonyl (C=O) groups excluding carboxylic acids is 2. The van der Waals surface area contributed by atoms with Gasteiger partial charge in [0.2, 0.25) is 0 Å². The number of piperazine rings is 1. The van der Waals surface area contributed by atoms with Gasteiger partial charge in [0.05, 0.1) is 19.1 Å². The van der Waals surface area contributed by atoms with Gasteiger partial charge in [-0.3, -0.25) is 9.69 Å². The third-order valence-corrected chi connectivity index (χ3v) is 7.59. The van der Waals surface area contributed by atoms with E-state index in [9.17, 15) is 9.59 Å². The van der Waals surface area contributed by atoms with Crippen LogP contribution in [-0.2, 0) is 20.9 Å². The first kappa shape index (κ1) is 23.7. The van der Waals surface area contributed by atoms with Crippen molar-refractivity contribution in [2.24, 2.45) is 0 Å².